The zero-order chi connectivity index (χ0) is 11.1. The minimum atomic E-state index is -2.39. The molecule has 1 nitrogen and oxygen atoms in total. The van der Waals surface area contributed by atoms with E-state index < -0.39 is 5.92 Å². The Balaban J connectivity index is 1.75. The van der Waals surface area contributed by atoms with Gasteiger partial charge in [-0.2, -0.15) is 0 Å². The predicted molar refractivity (Wildman–Crippen MR) is 57.1 cm³/mol. The Labute approximate surface area is 90.8 Å². The van der Waals surface area contributed by atoms with Gasteiger partial charge < -0.3 is 0 Å². The molecule has 1 aliphatic heterocycles. The minimum Gasteiger partial charge on any atom is -0.288 e. The number of alkyl halides is 2. The lowest BCUT2D eigenvalue weighted by Gasteiger charge is -2.46. The zero-order valence-corrected chi connectivity index (χ0v) is 9.68. The lowest BCUT2D eigenvalue weighted by Crippen LogP contribution is -2.60. The molecule has 3 heteroatoms. The molecule has 1 heterocycles. The highest BCUT2D eigenvalue weighted by atomic mass is 19.3. The molecule has 0 spiro atoms. The van der Waals surface area contributed by atoms with E-state index in [1.54, 1.807) is 0 Å². The predicted octanol–water partition coefficient (Wildman–Crippen LogP) is 3.15. The molecular weight excluding hydrogens is 196 g/mol. The van der Waals surface area contributed by atoms with Crippen LogP contribution in [0, 0.1) is 11.8 Å². The van der Waals surface area contributed by atoms with Crippen molar-refractivity contribution >= 4 is 0 Å². The Morgan fingerprint density at radius 2 is 1.60 bits per heavy atom. The molecule has 1 saturated heterocycles. The molecule has 1 saturated carbocycles. The van der Waals surface area contributed by atoms with Gasteiger partial charge in [0.2, 0.25) is 0 Å². The third kappa shape index (κ3) is 2.49. The normalized spacial score (nSPS) is 36.6. The lowest BCUT2D eigenvalue weighted by atomic mass is 9.78. The largest absolute Gasteiger partial charge is 0.288 e. The Morgan fingerprint density at radius 3 is 2.00 bits per heavy atom. The van der Waals surface area contributed by atoms with Crippen LogP contribution in [-0.4, -0.2) is 30.0 Å². The van der Waals surface area contributed by atoms with E-state index in [-0.39, 0.29) is 13.1 Å². The van der Waals surface area contributed by atoms with Gasteiger partial charge in [-0.05, 0) is 37.5 Å². The average Bonchev–Trinajstić information content (AvgIpc) is 2.14. The number of nitrogens with zero attached hydrogens (tertiary/aromatic N) is 1. The zero-order valence-electron chi connectivity index (χ0n) is 9.68. The van der Waals surface area contributed by atoms with Crippen LogP contribution in [0.5, 0.6) is 0 Å². The summed E-state index contributed by atoms with van der Waals surface area (Å²) in [6.07, 6.45) is 4.70. The monoisotopic (exact) mass is 217 g/mol. The molecule has 15 heavy (non-hydrogen) atoms. The van der Waals surface area contributed by atoms with Crippen molar-refractivity contribution in [3.8, 4) is 0 Å². The van der Waals surface area contributed by atoms with Gasteiger partial charge in [-0.15, -0.1) is 0 Å². The Bertz CT molecular complexity index is 212. The van der Waals surface area contributed by atoms with Crippen molar-refractivity contribution in [1.82, 2.24) is 4.90 Å². The van der Waals surface area contributed by atoms with Crippen molar-refractivity contribution in [3.05, 3.63) is 0 Å². The van der Waals surface area contributed by atoms with Gasteiger partial charge in [0.05, 0.1) is 13.1 Å². The topological polar surface area (TPSA) is 3.24 Å². The van der Waals surface area contributed by atoms with E-state index in [0.717, 1.165) is 24.7 Å². The molecule has 2 rings (SSSR count). The van der Waals surface area contributed by atoms with Crippen molar-refractivity contribution < 1.29 is 8.78 Å². The number of halogens is 2. The van der Waals surface area contributed by atoms with Gasteiger partial charge in [-0.3, -0.25) is 4.90 Å². The highest BCUT2D eigenvalue weighted by Crippen LogP contribution is 2.37. The van der Waals surface area contributed by atoms with Crippen LogP contribution in [0.3, 0.4) is 0 Å². The summed E-state index contributed by atoms with van der Waals surface area (Å²) in [7, 11) is 0. The summed E-state index contributed by atoms with van der Waals surface area (Å²) < 4.78 is 25.4. The van der Waals surface area contributed by atoms with Crippen molar-refractivity contribution in [2.24, 2.45) is 11.8 Å². The number of hydrogen-bond donors (Lipinski definition) is 0. The van der Waals surface area contributed by atoms with E-state index in [9.17, 15) is 8.78 Å². The van der Waals surface area contributed by atoms with Gasteiger partial charge in [-0.1, -0.05) is 13.8 Å². The summed E-state index contributed by atoms with van der Waals surface area (Å²) >= 11 is 0. The second-order valence-electron chi connectivity index (χ2n) is 5.57. The van der Waals surface area contributed by atoms with Crippen LogP contribution in [0.25, 0.3) is 0 Å². The first-order valence-corrected chi connectivity index (χ1v) is 6.10. The maximum absolute atomic E-state index is 12.7. The van der Waals surface area contributed by atoms with Gasteiger partial charge in [0.25, 0.3) is 5.92 Å². The molecule has 0 N–H and O–H groups in total. The molecule has 0 aromatic carbocycles. The second-order valence-corrected chi connectivity index (χ2v) is 5.57. The van der Waals surface area contributed by atoms with Crippen molar-refractivity contribution in [2.75, 3.05) is 13.1 Å². The molecule has 2 aliphatic rings. The fourth-order valence-electron chi connectivity index (χ4n) is 2.94. The molecule has 0 bridgehead atoms. The molecule has 0 atom stereocenters. The van der Waals surface area contributed by atoms with Crippen molar-refractivity contribution in [2.45, 2.75) is 51.5 Å². The third-order valence-electron chi connectivity index (χ3n) is 4.07. The first-order chi connectivity index (χ1) is 6.98. The van der Waals surface area contributed by atoms with Crippen LogP contribution in [0.2, 0.25) is 0 Å². The molecule has 88 valence electrons. The summed E-state index contributed by atoms with van der Waals surface area (Å²) in [5.41, 5.74) is 0. The van der Waals surface area contributed by atoms with Crippen LogP contribution in [0.15, 0.2) is 0 Å². The van der Waals surface area contributed by atoms with Crippen LogP contribution in [0.4, 0.5) is 8.78 Å². The van der Waals surface area contributed by atoms with Crippen LogP contribution >= 0.6 is 0 Å². The van der Waals surface area contributed by atoms with Crippen molar-refractivity contribution in [1.29, 1.82) is 0 Å². The molecule has 0 radical (unpaired) electrons. The molecule has 0 unspecified atom stereocenters. The molecular formula is C12H21F2N. The summed E-state index contributed by atoms with van der Waals surface area (Å²) in [4.78, 5) is 1.97. The van der Waals surface area contributed by atoms with Crippen LogP contribution < -0.4 is 0 Å². The number of likely N-dealkylation sites (tertiary alicyclic amines) is 1. The lowest BCUT2D eigenvalue weighted by molar-refractivity contribution is -0.151. The molecule has 0 aromatic heterocycles. The molecule has 2 fully saturated rings. The summed E-state index contributed by atoms with van der Waals surface area (Å²) in [6, 6.07) is 0.444. The average molecular weight is 217 g/mol. The highest BCUT2D eigenvalue weighted by Gasteiger charge is 2.46. The van der Waals surface area contributed by atoms with E-state index in [1.165, 1.54) is 12.8 Å². The summed E-state index contributed by atoms with van der Waals surface area (Å²) in [6.45, 7) is 4.54. The Morgan fingerprint density at radius 1 is 1.07 bits per heavy atom. The van der Waals surface area contributed by atoms with Crippen molar-refractivity contribution in [3.63, 3.8) is 0 Å². The third-order valence-corrected chi connectivity index (χ3v) is 4.07. The number of rotatable bonds is 2. The summed E-state index contributed by atoms with van der Waals surface area (Å²) in [5, 5.41) is 0. The fraction of sp³-hybridized carbons (Fsp3) is 1.00. The maximum Gasteiger partial charge on any atom is 0.272 e. The van der Waals surface area contributed by atoms with E-state index in [2.05, 4.69) is 13.8 Å². The van der Waals surface area contributed by atoms with E-state index >= 15 is 0 Å². The Hall–Kier alpha value is -0.180. The quantitative estimate of drug-likeness (QED) is 0.686. The van der Waals surface area contributed by atoms with Crippen LogP contribution in [-0.2, 0) is 0 Å². The smallest absolute Gasteiger partial charge is 0.272 e. The van der Waals surface area contributed by atoms with E-state index in [0.29, 0.717) is 6.04 Å². The maximum atomic E-state index is 12.7. The number of hydrogen-bond acceptors (Lipinski definition) is 1. The van der Waals surface area contributed by atoms with Gasteiger partial charge in [0.1, 0.15) is 0 Å². The minimum absolute atomic E-state index is 0.00398. The van der Waals surface area contributed by atoms with Crippen LogP contribution in [0.1, 0.15) is 39.5 Å². The van der Waals surface area contributed by atoms with Gasteiger partial charge in [0, 0.05) is 6.04 Å². The fourth-order valence-corrected chi connectivity index (χ4v) is 2.94. The molecule has 0 aromatic rings. The van der Waals surface area contributed by atoms with E-state index in [4.69, 9.17) is 0 Å². The first kappa shape index (κ1) is 11.3. The molecule has 1 aliphatic carbocycles. The second kappa shape index (κ2) is 4.00. The van der Waals surface area contributed by atoms with E-state index in [1.807, 2.05) is 4.90 Å². The van der Waals surface area contributed by atoms with Gasteiger partial charge in [-0.25, -0.2) is 8.78 Å². The SMILES string of the molecule is CC(C)[C@H]1CC[C@H](N2CC(F)(F)C2)CC1. The van der Waals surface area contributed by atoms with Gasteiger partial charge >= 0.3 is 0 Å². The Kier molecular flexibility index (Phi) is 3.02. The first-order valence-electron chi connectivity index (χ1n) is 6.10. The summed E-state index contributed by atoms with van der Waals surface area (Å²) in [5.74, 6) is -0.818. The standard InChI is InChI=1S/C12H21F2N/c1-9(2)10-3-5-11(6-4-10)15-7-12(13,14)8-15/h9-11H,3-8H2,1-2H3/t10-,11-. The highest BCUT2D eigenvalue weighted by molar-refractivity contribution is 4.93. The molecule has 0 amide bonds. The van der Waals surface area contributed by atoms with Gasteiger partial charge in [0.15, 0.2) is 0 Å².